The third-order valence-electron chi connectivity index (χ3n) is 4.27. The summed E-state index contributed by atoms with van der Waals surface area (Å²) < 4.78 is 36.5. The smallest absolute Gasteiger partial charge is 0.271 e. The first-order valence-corrected chi connectivity index (χ1v) is 6.79. The third kappa shape index (κ3) is 4.76. The summed E-state index contributed by atoms with van der Waals surface area (Å²) in [6.45, 7) is 4.40. The van der Waals surface area contributed by atoms with Crippen molar-refractivity contribution < 1.29 is 13.2 Å². The molecular weight excluding hydrogens is 241 g/mol. The van der Waals surface area contributed by atoms with Crippen molar-refractivity contribution in [3.05, 3.63) is 0 Å². The Morgan fingerprint density at radius 2 is 2.00 bits per heavy atom. The van der Waals surface area contributed by atoms with Crippen LogP contribution in [-0.2, 0) is 0 Å². The molecule has 3 N–H and O–H groups in total. The van der Waals surface area contributed by atoms with Gasteiger partial charge in [0.25, 0.3) is 0 Å². The van der Waals surface area contributed by atoms with Crippen LogP contribution >= 0.6 is 0 Å². The molecule has 0 heterocycles. The topological polar surface area (TPSA) is 38.0 Å². The molecule has 2 unspecified atom stereocenters. The molecule has 0 aromatic carbocycles. The zero-order chi connectivity index (χ0) is 13.8. The largest absolute Gasteiger partial charge is 0.389 e. The van der Waals surface area contributed by atoms with Crippen LogP contribution in [0.2, 0.25) is 0 Å². The molecule has 5 heteroatoms. The normalized spacial score (nSPS) is 26.0. The van der Waals surface area contributed by atoms with Crippen molar-refractivity contribution in [1.29, 1.82) is 0 Å². The van der Waals surface area contributed by atoms with Crippen molar-refractivity contribution in [3.63, 3.8) is 0 Å². The lowest BCUT2D eigenvalue weighted by Crippen LogP contribution is -2.47. The number of hydrazine groups is 1. The average molecular weight is 266 g/mol. The summed E-state index contributed by atoms with van der Waals surface area (Å²) in [6, 6.07) is 0.00245. The first-order chi connectivity index (χ1) is 8.26. The number of nitrogens with one attached hydrogen (secondary N) is 1. The Bertz CT molecular complexity index is 251. The molecule has 0 aliphatic heterocycles. The second-order valence-electron chi connectivity index (χ2n) is 6.12. The molecule has 2 nitrogen and oxygen atoms in total. The monoisotopic (exact) mass is 266 g/mol. The van der Waals surface area contributed by atoms with E-state index in [4.69, 9.17) is 5.84 Å². The van der Waals surface area contributed by atoms with E-state index in [9.17, 15) is 13.2 Å². The zero-order valence-electron chi connectivity index (χ0n) is 11.3. The minimum Gasteiger partial charge on any atom is -0.271 e. The molecule has 2 atom stereocenters. The standard InChI is InChI=1S/C13H25F3N2/c1-12(2)8-4-3-6-10(12)11(18-17)7-5-9-13(14,15)16/h10-11,18H,3-9,17H2,1-2H3. The van der Waals surface area contributed by atoms with Crippen LogP contribution < -0.4 is 11.3 Å². The SMILES string of the molecule is CC1(C)CCCCC1C(CCCC(F)(F)F)NN. The minimum atomic E-state index is -4.05. The van der Waals surface area contributed by atoms with Crippen LogP contribution in [0.4, 0.5) is 13.2 Å². The molecule has 108 valence electrons. The number of nitrogens with two attached hydrogens (primary N) is 1. The predicted octanol–water partition coefficient (Wildman–Crippen LogP) is 3.77. The molecule has 1 aliphatic rings. The third-order valence-corrected chi connectivity index (χ3v) is 4.27. The molecular formula is C13H25F3N2. The van der Waals surface area contributed by atoms with Gasteiger partial charge in [-0.15, -0.1) is 0 Å². The number of hydrogen-bond donors (Lipinski definition) is 2. The van der Waals surface area contributed by atoms with E-state index in [0.717, 1.165) is 19.3 Å². The first kappa shape index (κ1) is 15.8. The zero-order valence-corrected chi connectivity index (χ0v) is 11.3. The maximum Gasteiger partial charge on any atom is 0.389 e. The van der Waals surface area contributed by atoms with Crippen LogP contribution in [0.15, 0.2) is 0 Å². The highest BCUT2D eigenvalue weighted by molar-refractivity contribution is 4.89. The van der Waals surface area contributed by atoms with Gasteiger partial charge in [-0.3, -0.25) is 11.3 Å². The summed E-state index contributed by atoms with van der Waals surface area (Å²) in [5.74, 6) is 5.92. The van der Waals surface area contributed by atoms with E-state index >= 15 is 0 Å². The molecule has 1 fully saturated rings. The Labute approximate surface area is 107 Å². The molecule has 0 aromatic rings. The first-order valence-electron chi connectivity index (χ1n) is 6.79. The van der Waals surface area contributed by atoms with Crippen LogP contribution in [0, 0.1) is 11.3 Å². The molecule has 0 saturated heterocycles. The fourth-order valence-corrected chi connectivity index (χ4v) is 3.19. The lowest BCUT2D eigenvalue weighted by Gasteiger charge is -2.43. The van der Waals surface area contributed by atoms with E-state index in [-0.39, 0.29) is 17.9 Å². The van der Waals surface area contributed by atoms with Crippen molar-refractivity contribution in [2.24, 2.45) is 17.2 Å². The molecule has 1 rings (SSSR count). The molecule has 18 heavy (non-hydrogen) atoms. The quantitative estimate of drug-likeness (QED) is 0.587. The van der Waals surface area contributed by atoms with Crippen molar-refractivity contribution in [3.8, 4) is 0 Å². The minimum absolute atomic E-state index is 0.00245. The number of rotatable bonds is 5. The van der Waals surface area contributed by atoms with Gasteiger partial charge in [0.2, 0.25) is 0 Å². The van der Waals surface area contributed by atoms with Crippen LogP contribution in [0.5, 0.6) is 0 Å². The molecule has 0 spiro atoms. The number of hydrogen-bond acceptors (Lipinski definition) is 2. The van der Waals surface area contributed by atoms with E-state index in [1.165, 1.54) is 6.42 Å². The van der Waals surface area contributed by atoms with Gasteiger partial charge < -0.3 is 0 Å². The highest BCUT2D eigenvalue weighted by atomic mass is 19.4. The van der Waals surface area contributed by atoms with E-state index < -0.39 is 12.6 Å². The van der Waals surface area contributed by atoms with Gasteiger partial charge in [0.15, 0.2) is 0 Å². The summed E-state index contributed by atoms with van der Waals surface area (Å²) in [5, 5.41) is 0. The maximum absolute atomic E-state index is 12.2. The summed E-state index contributed by atoms with van der Waals surface area (Å²) >= 11 is 0. The molecule has 0 amide bonds. The van der Waals surface area contributed by atoms with Crippen molar-refractivity contribution >= 4 is 0 Å². The second-order valence-corrected chi connectivity index (χ2v) is 6.12. The second kappa shape index (κ2) is 6.24. The van der Waals surface area contributed by atoms with Gasteiger partial charge in [0.05, 0.1) is 0 Å². The van der Waals surface area contributed by atoms with Gasteiger partial charge in [0.1, 0.15) is 0 Å². The Kier molecular flexibility index (Phi) is 5.46. The van der Waals surface area contributed by atoms with Crippen molar-refractivity contribution in [2.75, 3.05) is 0 Å². The summed E-state index contributed by atoms with van der Waals surface area (Å²) in [7, 11) is 0. The Morgan fingerprint density at radius 1 is 1.33 bits per heavy atom. The Hall–Kier alpha value is -0.290. The molecule has 0 radical (unpaired) electrons. The molecule has 0 bridgehead atoms. The highest BCUT2D eigenvalue weighted by Gasteiger charge is 2.37. The van der Waals surface area contributed by atoms with Crippen LogP contribution in [0.25, 0.3) is 0 Å². The summed E-state index contributed by atoms with van der Waals surface area (Å²) in [6.07, 6.45) is 0.465. The maximum atomic E-state index is 12.2. The highest BCUT2D eigenvalue weighted by Crippen LogP contribution is 2.43. The summed E-state index contributed by atoms with van der Waals surface area (Å²) in [5.41, 5.74) is 2.92. The van der Waals surface area contributed by atoms with Crippen molar-refractivity contribution in [1.82, 2.24) is 5.43 Å². The Balaban J connectivity index is 2.49. The van der Waals surface area contributed by atoms with Crippen LogP contribution in [0.3, 0.4) is 0 Å². The fraction of sp³-hybridized carbons (Fsp3) is 1.00. The lowest BCUT2D eigenvalue weighted by atomic mass is 9.65. The average Bonchev–Trinajstić information content (AvgIpc) is 2.23. The van der Waals surface area contributed by atoms with Gasteiger partial charge in [0, 0.05) is 12.5 Å². The van der Waals surface area contributed by atoms with Gasteiger partial charge in [-0.2, -0.15) is 13.2 Å². The van der Waals surface area contributed by atoms with E-state index in [1.807, 2.05) is 0 Å². The van der Waals surface area contributed by atoms with Crippen LogP contribution in [-0.4, -0.2) is 12.2 Å². The van der Waals surface area contributed by atoms with E-state index in [0.29, 0.717) is 12.3 Å². The molecule has 1 saturated carbocycles. The Morgan fingerprint density at radius 3 is 2.50 bits per heavy atom. The van der Waals surface area contributed by atoms with Crippen LogP contribution in [0.1, 0.15) is 58.8 Å². The summed E-state index contributed by atoms with van der Waals surface area (Å²) in [4.78, 5) is 0. The van der Waals surface area contributed by atoms with Gasteiger partial charge in [-0.05, 0) is 37.0 Å². The van der Waals surface area contributed by atoms with Gasteiger partial charge in [-0.1, -0.05) is 26.7 Å². The van der Waals surface area contributed by atoms with Gasteiger partial charge in [-0.25, -0.2) is 0 Å². The number of alkyl halides is 3. The van der Waals surface area contributed by atoms with E-state index in [2.05, 4.69) is 19.3 Å². The van der Waals surface area contributed by atoms with Crippen molar-refractivity contribution in [2.45, 2.75) is 71.0 Å². The molecule has 1 aliphatic carbocycles. The number of halogens is 3. The van der Waals surface area contributed by atoms with E-state index in [1.54, 1.807) is 0 Å². The van der Waals surface area contributed by atoms with Gasteiger partial charge >= 0.3 is 6.18 Å². The molecule has 0 aromatic heterocycles. The lowest BCUT2D eigenvalue weighted by molar-refractivity contribution is -0.136. The predicted molar refractivity (Wildman–Crippen MR) is 66.8 cm³/mol. The fourth-order valence-electron chi connectivity index (χ4n) is 3.19.